The molecule has 0 saturated carbocycles. The molecule has 35 heavy (non-hydrogen) atoms. The van der Waals surface area contributed by atoms with E-state index in [1.165, 1.54) is 0 Å². The molecule has 0 amide bonds. The van der Waals surface area contributed by atoms with Gasteiger partial charge in [-0.3, -0.25) is 0 Å². The zero-order valence-corrected chi connectivity index (χ0v) is 18.9. The number of hydrogen-bond acceptors (Lipinski definition) is 1. The normalized spacial score (nSPS) is 12.7. The fourth-order valence-electron chi connectivity index (χ4n) is 4.78. The van der Waals surface area contributed by atoms with E-state index in [9.17, 15) is 26.3 Å². The second kappa shape index (κ2) is 7.66. The maximum atomic E-state index is 13.5. The third kappa shape index (κ3) is 3.87. The molecule has 0 aliphatic carbocycles. The summed E-state index contributed by atoms with van der Waals surface area (Å²) in [5.74, 6) is 0. The van der Waals surface area contributed by atoms with Gasteiger partial charge in [0.05, 0.1) is 16.5 Å². The minimum atomic E-state index is -4.91. The monoisotopic (exact) mass is 485 g/mol. The number of benzene rings is 4. The maximum Gasteiger partial charge on any atom is 0.416 e. The number of fused-ring (bicyclic) bond motifs is 6. The van der Waals surface area contributed by atoms with Gasteiger partial charge in [-0.25, -0.2) is 4.98 Å². The molecule has 1 aromatic heterocycles. The number of alkyl halides is 6. The highest BCUT2D eigenvalue weighted by atomic mass is 19.4. The van der Waals surface area contributed by atoms with Gasteiger partial charge in [-0.2, -0.15) is 30.9 Å². The summed E-state index contributed by atoms with van der Waals surface area (Å²) in [5.41, 5.74) is 0.622. The van der Waals surface area contributed by atoms with Crippen molar-refractivity contribution in [2.45, 2.75) is 26.2 Å². The Morgan fingerprint density at radius 3 is 1.89 bits per heavy atom. The number of halogens is 6. The molecule has 0 aliphatic rings. The minimum absolute atomic E-state index is 0.146. The molecule has 1 heterocycles. The smallest absolute Gasteiger partial charge is 0.240 e. The molecule has 0 N–H and O–H groups in total. The highest BCUT2D eigenvalue weighted by molar-refractivity contribution is 6.23. The van der Waals surface area contributed by atoms with Gasteiger partial charge in [0, 0.05) is 5.39 Å². The van der Waals surface area contributed by atoms with Crippen molar-refractivity contribution in [1.82, 2.24) is 4.98 Å². The summed E-state index contributed by atoms with van der Waals surface area (Å²) in [6, 6.07) is 12.5. The van der Waals surface area contributed by atoms with Crippen LogP contribution in [0.2, 0.25) is 0 Å². The molecular weight excluding hydrogens is 466 g/mol. The lowest BCUT2D eigenvalue weighted by molar-refractivity contribution is -0.644. The molecule has 0 atom stereocenters. The summed E-state index contributed by atoms with van der Waals surface area (Å²) in [4.78, 5) is 4.74. The summed E-state index contributed by atoms with van der Waals surface area (Å²) in [7, 11) is 1.89. The highest BCUT2D eigenvalue weighted by Gasteiger charge is 2.37. The highest BCUT2D eigenvalue weighted by Crippen LogP contribution is 2.41. The molecule has 0 fully saturated rings. The predicted molar refractivity (Wildman–Crippen MR) is 123 cm³/mol. The van der Waals surface area contributed by atoms with Gasteiger partial charge in [-0.05, 0) is 65.6 Å². The van der Waals surface area contributed by atoms with Crippen molar-refractivity contribution in [1.29, 1.82) is 0 Å². The summed E-state index contributed by atoms with van der Waals surface area (Å²) < 4.78 is 82.8. The first kappa shape index (κ1) is 23.1. The van der Waals surface area contributed by atoms with Crippen molar-refractivity contribution in [2.75, 3.05) is 0 Å². The van der Waals surface area contributed by atoms with Crippen molar-refractivity contribution < 1.29 is 30.9 Å². The number of rotatable bonds is 1. The quantitative estimate of drug-likeness (QED) is 0.135. The van der Waals surface area contributed by atoms with Gasteiger partial charge in [0.25, 0.3) is 0 Å². The van der Waals surface area contributed by atoms with E-state index in [1.54, 1.807) is 19.1 Å². The molecule has 0 bridgehead atoms. The first-order valence-corrected chi connectivity index (χ1v) is 10.8. The zero-order valence-electron chi connectivity index (χ0n) is 18.9. The van der Waals surface area contributed by atoms with E-state index in [-0.39, 0.29) is 17.2 Å². The van der Waals surface area contributed by atoms with Crippen LogP contribution in [0.25, 0.3) is 43.7 Å². The Morgan fingerprint density at radius 2 is 1.29 bits per heavy atom. The molecule has 178 valence electrons. The van der Waals surface area contributed by atoms with E-state index in [0.29, 0.717) is 0 Å². The van der Waals surface area contributed by atoms with Gasteiger partial charge in [-0.15, -0.1) is 0 Å². The van der Waals surface area contributed by atoms with E-state index < -0.39 is 23.5 Å². The molecule has 4 aromatic carbocycles. The van der Waals surface area contributed by atoms with Crippen LogP contribution in [0.4, 0.5) is 26.3 Å². The average molecular weight is 485 g/mol. The Labute approximate surface area is 196 Å². The third-order valence-electron chi connectivity index (χ3n) is 6.21. The molecule has 8 heteroatoms. The van der Waals surface area contributed by atoms with Crippen molar-refractivity contribution in [3.8, 4) is 11.1 Å². The Hall–Kier alpha value is -3.68. The molecule has 0 saturated heterocycles. The Balaban J connectivity index is 1.91. The van der Waals surface area contributed by atoms with Crippen molar-refractivity contribution in [3.05, 3.63) is 83.2 Å². The van der Waals surface area contributed by atoms with E-state index in [1.807, 2.05) is 49.0 Å². The van der Waals surface area contributed by atoms with Crippen molar-refractivity contribution >= 4 is 32.6 Å². The average Bonchev–Trinajstić information content (AvgIpc) is 2.77. The molecular formula is C27H19F6N2+. The lowest BCUT2D eigenvalue weighted by atomic mass is 9.91. The SMILES string of the molecule is Cc1c[n+](C)c2c(n1)c1ccccc1c1cc(-c3cc(C(F)(F)F)cc(C(F)(F)F)c3)cc(C)c12. The van der Waals surface area contributed by atoms with Crippen LogP contribution in [0.3, 0.4) is 0 Å². The van der Waals surface area contributed by atoms with Gasteiger partial charge >= 0.3 is 12.4 Å². The zero-order chi connectivity index (χ0) is 25.3. The molecule has 0 spiro atoms. The van der Waals surface area contributed by atoms with E-state index in [4.69, 9.17) is 4.98 Å². The van der Waals surface area contributed by atoms with Gasteiger partial charge in [0.2, 0.25) is 5.52 Å². The lowest BCUT2D eigenvalue weighted by Crippen LogP contribution is -2.30. The topological polar surface area (TPSA) is 16.8 Å². The molecule has 2 nitrogen and oxygen atoms in total. The largest absolute Gasteiger partial charge is 0.416 e. The molecule has 0 unspecified atom stereocenters. The van der Waals surface area contributed by atoms with Gasteiger partial charge in [0.1, 0.15) is 18.3 Å². The van der Waals surface area contributed by atoms with E-state index in [2.05, 4.69) is 0 Å². The third-order valence-corrected chi connectivity index (χ3v) is 6.21. The molecule has 0 aliphatic heterocycles. The summed E-state index contributed by atoms with van der Waals surface area (Å²) in [6.45, 7) is 3.69. The van der Waals surface area contributed by atoms with Crippen molar-refractivity contribution in [2.24, 2.45) is 7.05 Å². The Bertz CT molecular complexity index is 1620. The van der Waals surface area contributed by atoms with Gasteiger partial charge in [-0.1, -0.05) is 30.3 Å². The van der Waals surface area contributed by atoms with Gasteiger partial charge in [0.15, 0.2) is 6.20 Å². The Kier molecular flexibility index (Phi) is 5.05. The van der Waals surface area contributed by atoms with Crippen LogP contribution in [0.5, 0.6) is 0 Å². The summed E-state index contributed by atoms with van der Waals surface area (Å²) >= 11 is 0. The summed E-state index contributed by atoms with van der Waals surface area (Å²) in [5, 5.41) is 3.25. The first-order valence-electron chi connectivity index (χ1n) is 10.8. The fourth-order valence-corrected chi connectivity index (χ4v) is 4.78. The predicted octanol–water partition coefficient (Wildman–Crippen LogP) is 7.69. The van der Waals surface area contributed by atoms with Crippen LogP contribution in [-0.4, -0.2) is 4.98 Å². The summed E-state index contributed by atoms with van der Waals surface area (Å²) in [6.07, 6.45) is -7.95. The Morgan fingerprint density at radius 1 is 0.714 bits per heavy atom. The molecule has 5 aromatic rings. The van der Waals surface area contributed by atoms with Crippen LogP contribution in [0, 0.1) is 13.8 Å². The van der Waals surface area contributed by atoms with Crippen LogP contribution in [-0.2, 0) is 19.4 Å². The number of aromatic nitrogens is 2. The first-order chi connectivity index (χ1) is 16.3. The van der Waals surface area contributed by atoms with E-state index in [0.717, 1.165) is 56.0 Å². The van der Waals surface area contributed by atoms with Gasteiger partial charge < -0.3 is 0 Å². The minimum Gasteiger partial charge on any atom is -0.240 e. The number of hydrogen-bond donors (Lipinski definition) is 0. The van der Waals surface area contributed by atoms with Crippen LogP contribution >= 0.6 is 0 Å². The second-order valence-electron chi connectivity index (χ2n) is 8.75. The maximum absolute atomic E-state index is 13.5. The molecule has 5 rings (SSSR count). The van der Waals surface area contributed by atoms with Crippen LogP contribution in [0.1, 0.15) is 22.4 Å². The second-order valence-corrected chi connectivity index (χ2v) is 8.75. The van der Waals surface area contributed by atoms with Crippen molar-refractivity contribution in [3.63, 3.8) is 0 Å². The number of nitrogens with zero attached hydrogens (tertiary/aromatic N) is 2. The standard InChI is InChI=1S/C27H19F6N2/c1-14-8-16(17-9-18(26(28,29)30)12-19(10-17)27(31,32)33)11-22-20-6-4-5-7-21(20)24-25(23(14)22)35(3)13-15(2)34-24/h4-13H,1-3H3/q+1. The van der Waals surface area contributed by atoms with Crippen LogP contribution in [0.15, 0.2) is 60.8 Å². The van der Waals surface area contributed by atoms with E-state index >= 15 is 0 Å². The fraction of sp³-hybridized carbons (Fsp3) is 0.185. The number of aryl methyl sites for hydroxylation is 3. The van der Waals surface area contributed by atoms with Crippen LogP contribution < -0.4 is 4.57 Å². The molecule has 0 radical (unpaired) electrons. The lowest BCUT2D eigenvalue weighted by Gasteiger charge is -2.16.